The highest BCUT2D eigenvalue weighted by Gasteiger charge is 2.39. The number of amides is 2. The molecule has 1 fully saturated rings. The smallest absolute Gasteiger partial charge is 0.253 e. The van der Waals surface area contributed by atoms with Gasteiger partial charge in [0.25, 0.3) is 11.8 Å². The number of aromatic amines is 1. The summed E-state index contributed by atoms with van der Waals surface area (Å²) in [4.78, 5) is 32.0. The lowest BCUT2D eigenvalue weighted by Crippen LogP contribution is -2.40. The van der Waals surface area contributed by atoms with Crippen LogP contribution in [0.3, 0.4) is 0 Å². The molecule has 1 aromatic heterocycles. The van der Waals surface area contributed by atoms with Gasteiger partial charge >= 0.3 is 0 Å². The molecular formula is C22H23N5O2. The van der Waals surface area contributed by atoms with Gasteiger partial charge in [0.2, 0.25) is 0 Å². The van der Waals surface area contributed by atoms with Crippen molar-refractivity contribution in [2.24, 2.45) is 0 Å². The van der Waals surface area contributed by atoms with Crippen LogP contribution in [0.4, 0.5) is 0 Å². The maximum atomic E-state index is 13.0. The molecule has 2 atom stereocenters. The summed E-state index contributed by atoms with van der Waals surface area (Å²) in [5.41, 5.74) is 2.26. The van der Waals surface area contributed by atoms with Crippen LogP contribution in [0, 0.1) is 13.8 Å². The van der Waals surface area contributed by atoms with E-state index in [1.165, 1.54) is 0 Å². The highest BCUT2D eigenvalue weighted by atomic mass is 16.2. The van der Waals surface area contributed by atoms with Crippen molar-refractivity contribution in [2.75, 3.05) is 13.1 Å². The molecule has 1 aliphatic rings. The van der Waals surface area contributed by atoms with Crippen molar-refractivity contribution in [1.82, 2.24) is 25.4 Å². The first-order valence-corrected chi connectivity index (χ1v) is 9.62. The molecule has 3 aromatic rings. The van der Waals surface area contributed by atoms with Crippen LogP contribution in [-0.2, 0) is 0 Å². The third-order valence-electron chi connectivity index (χ3n) is 5.17. The molecule has 1 saturated heterocycles. The first-order chi connectivity index (χ1) is 14.0. The quantitative estimate of drug-likeness (QED) is 0.717. The number of likely N-dealkylation sites (tertiary alicyclic amines) is 1. The van der Waals surface area contributed by atoms with Crippen LogP contribution in [0.2, 0.25) is 0 Å². The van der Waals surface area contributed by atoms with E-state index in [0.29, 0.717) is 35.9 Å². The Labute approximate surface area is 169 Å². The monoisotopic (exact) mass is 389 g/mol. The lowest BCUT2D eigenvalue weighted by atomic mass is 10.0. The normalized spacial score (nSPS) is 18.6. The van der Waals surface area contributed by atoms with Crippen LogP contribution in [-0.4, -0.2) is 51.0 Å². The van der Waals surface area contributed by atoms with E-state index in [9.17, 15) is 9.59 Å². The number of nitrogens with one attached hydrogen (secondary N) is 2. The summed E-state index contributed by atoms with van der Waals surface area (Å²) in [6.45, 7) is 4.65. The number of hydrogen-bond donors (Lipinski definition) is 2. The van der Waals surface area contributed by atoms with Crippen molar-refractivity contribution >= 4 is 11.8 Å². The van der Waals surface area contributed by atoms with E-state index in [2.05, 4.69) is 20.5 Å². The molecule has 0 radical (unpaired) electrons. The van der Waals surface area contributed by atoms with E-state index in [1.54, 1.807) is 17.0 Å². The minimum atomic E-state index is -0.272. The zero-order chi connectivity index (χ0) is 20.4. The third kappa shape index (κ3) is 4.03. The predicted molar refractivity (Wildman–Crippen MR) is 109 cm³/mol. The highest BCUT2D eigenvalue weighted by molar-refractivity contribution is 5.96. The number of rotatable bonds is 4. The van der Waals surface area contributed by atoms with Gasteiger partial charge in [-0.2, -0.15) is 5.10 Å². The van der Waals surface area contributed by atoms with Gasteiger partial charge < -0.3 is 10.2 Å². The molecule has 2 N–H and O–H groups in total. The number of aryl methyl sites for hydroxylation is 2. The van der Waals surface area contributed by atoms with Crippen molar-refractivity contribution in [2.45, 2.75) is 25.8 Å². The zero-order valence-corrected chi connectivity index (χ0v) is 16.4. The Bertz CT molecular complexity index is 1030. The maximum Gasteiger partial charge on any atom is 0.253 e. The molecule has 0 spiro atoms. The number of H-pyrrole nitrogens is 1. The van der Waals surface area contributed by atoms with Crippen LogP contribution >= 0.6 is 0 Å². The molecule has 2 unspecified atom stereocenters. The second-order valence-electron chi connectivity index (χ2n) is 7.41. The molecular weight excluding hydrogens is 366 g/mol. The van der Waals surface area contributed by atoms with Crippen molar-refractivity contribution in [1.29, 1.82) is 0 Å². The summed E-state index contributed by atoms with van der Waals surface area (Å²) in [5.74, 6) is 0.915. The first kappa shape index (κ1) is 18.9. The van der Waals surface area contributed by atoms with Gasteiger partial charge in [0.1, 0.15) is 5.82 Å². The van der Waals surface area contributed by atoms with Gasteiger partial charge in [-0.15, -0.1) is 0 Å². The topological polar surface area (TPSA) is 91.0 Å². The number of carbonyl (C=O) groups is 2. The Morgan fingerprint density at radius 3 is 2.48 bits per heavy atom. The summed E-state index contributed by atoms with van der Waals surface area (Å²) in [6, 6.07) is 16.3. The largest absolute Gasteiger partial charge is 0.347 e. The molecule has 0 saturated carbocycles. The van der Waals surface area contributed by atoms with Crippen molar-refractivity contribution in [3.8, 4) is 0 Å². The van der Waals surface area contributed by atoms with E-state index in [0.717, 1.165) is 5.56 Å². The molecule has 1 aliphatic heterocycles. The first-order valence-electron chi connectivity index (χ1n) is 9.62. The summed E-state index contributed by atoms with van der Waals surface area (Å²) in [6.07, 6.45) is 0. The minimum Gasteiger partial charge on any atom is -0.347 e. The number of hydrogen-bond acceptors (Lipinski definition) is 4. The third-order valence-corrected chi connectivity index (χ3v) is 5.17. The molecule has 0 aliphatic carbocycles. The van der Waals surface area contributed by atoms with Gasteiger partial charge in [-0.05, 0) is 38.1 Å². The average Bonchev–Trinajstić information content (AvgIpc) is 3.34. The van der Waals surface area contributed by atoms with E-state index >= 15 is 0 Å². The Morgan fingerprint density at radius 2 is 1.79 bits per heavy atom. The predicted octanol–water partition coefficient (Wildman–Crippen LogP) is 2.46. The molecule has 7 heteroatoms. The second kappa shape index (κ2) is 7.87. The lowest BCUT2D eigenvalue weighted by molar-refractivity contribution is 0.0782. The molecule has 29 heavy (non-hydrogen) atoms. The number of nitrogens with zero attached hydrogens (tertiary/aromatic N) is 3. The van der Waals surface area contributed by atoms with Crippen LogP contribution in [0.25, 0.3) is 0 Å². The fourth-order valence-electron chi connectivity index (χ4n) is 3.71. The van der Waals surface area contributed by atoms with Crippen molar-refractivity contribution in [3.05, 3.63) is 82.9 Å². The van der Waals surface area contributed by atoms with E-state index < -0.39 is 0 Å². The molecule has 148 valence electrons. The second-order valence-corrected chi connectivity index (χ2v) is 7.41. The Hall–Kier alpha value is -3.48. The van der Waals surface area contributed by atoms with Gasteiger partial charge in [-0.1, -0.05) is 35.9 Å². The van der Waals surface area contributed by atoms with Crippen LogP contribution in [0.15, 0.2) is 54.6 Å². The Balaban J connectivity index is 1.57. The zero-order valence-electron chi connectivity index (χ0n) is 16.4. The molecule has 7 nitrogen and oxygen atoms in total. The minimum absolute atomic E-state index is 0.0533. The van der Waals surface area contributed by atoms with E-state index in [-0.39, 0.29) is 23.8 Å². The fourth-order valence-corrected chi connectivity index (χ4v) is 3.71. The summed E-state index contributed by atoms with van der Waals surface area (Å²) in [5, 5.41) is 10.2. The van der Waals surface area contributed by atoms with Gasteiger partial charge in [0, 0.05) is 24.2 Å². The molecule has 2 amide bonds. The number of benzene rings is 2. The number of aromatic nitrogens is 3. The lowest BCUT2D eigenvalue weighted by Gasteiger charge is -2.18. The number of carbonyl (C=O) groups excluding carboxylic acids is 2. The van der Waals surface area contributed by atoms with Crippen molar-refractivity contribution in [3.63, 3.8) is 0 Å². The summed E-state index contributed by atoms with van der Waals surface area (Å²) < 4.78 is 0. The average molecular weight is 389 g/mol. The van der Waals surface area contributed by atoms with Crippen LogP contribution in [0.5, 0.6) is 0 Å². The van der Waals surface area contributed by atoms with E-state index in [1.807, 2.05) is 56.3 Å². The Kier molecular flexibility index (Phi) is 5.12. The molecule has 2 aromatic carbocycles. The maximum absolute atomic E-state index is 13.0. The van der Waals surface area contributed by atoms with E-state index in [4.69, 9.17) is 0 Å². The SMILES string of the molecule is Cc1cccc(C(=O)N2CC(NC(=O)c3ccccc3)C(c3n[nH]c(C)n3)C2)c1. The molecule has 2 heterocycles. The van der Waals surface area contributed by atoms with Crippen LogP contribution in [0.1, 0.15) is 43.8 Å². The van der Waals surface area contributed by atoms with Crippen molar-refractivity contribution < 1.29 is 9.59 Å². The fraction of sp³-hybridized carbons (Fsp3) is 0.273. The summed E-state index contributed by atoms with van der Waals surface area (Å²) >= 11 is 0. The van der Waals surface area contributed by atoms with Gasteiger partial charge in [-0.3, -0.25) is 14.7 Å². The standard InChI is InChI=1S/C22H23N5O2/c1-14-7-6-10-17(11-14)22(29)27-12-18(20-23-15(2)25-26-20)19(13-27)24-21(28)16-8-4-3-5-9-16/h3-11,18-19H,12-13H2,1-2H3,(H,24,28)(H,23,25,26). The Morgan fingerprint density at radius 1 is 1.03 bits per heavy atom. The van der Waals surface area contributed by atoms with Gasteiger partial charge in [-0.25, -0.2) is 4.98 Å². The molecule has 0 bridgehead atoms. The van der Waals surface area contributed by atoms with Gasteiger partial charge in [0.05, 0.1) is 12.0 Å². The molecule has 4 rings (SSSR count). The van der Waals surface area contributed by atoms with Gasteiger partial charge in [0.15, 0.2) is 5.82 Å². The highest BCUT2D eigenvalue weighted by Crippen LogP contribution is 2.27. The van der Waals surface area contributed by atoms with Crippen LogP contribution < -0.4 is 5.32 Å². The summed E-state index contributed by atoms with van der Waals surface area (Å²) in [7, 11) is 0.